The Morgan fingerprint density at radius 1 is 1.52 bits per heavy atom. The van der Waals surface area contributed by atoms with Crippen molar-refractivity contribution in [3.05, 3.63) is 29.3 Å². The molecule has 0 N–H and O–H groups in total. The number of esters is 1. The van der Waals surface area contributed by atoms with Crippen LogP contribution in [-0.2, 0) is 20.7 Å². The summed E-state index contributed by atoms with van der Waals surface area (Å²) in [5.41, 5.74) is 1.56. The Labute approximate surface area is 124 Å². The Morgan fingerprint density at radius 3 is 3.00 bits per heavy atom. The summed E-state index contributed by atoms with van der Waals surface area (Å²) < 4.78 is 15.6. The highest BCUT2D eigenvalue weighted by atomic mass is 16.6. The summed E-state index contributed by atoms with van der Waals surface area (Å²) in [6.07, 6.45) is 2.03. The van der Waals surface area contributed by atoms with Crippen LogP contribution in [0.3, 0.4) is 0 Å². The number of aryl methyl sites for hydroxylation is 1. The molecular weight excluding hydrogens is 270 g/mol. The van der Waals surface area contributed by atoms with Crippen molar-refractivity contribution in [1.29, 1.82) is 5.26 Å². The summed E-state index contributed by atoms with van der Waals surface area (Å²) in [7, 11) is 0. The molecule has 1 saturated heterocycles. The number of rotatable bonds is 8. The number of hydrogen-bond donors (Lipinski definition) is 0. The van der Waals surface area contributed by atoms with Crippen LogP contribution in [0.1, 0.15) is 30.9 Å². The summed E-state index contributed by atoms with van der Waals surface area (Å²) >= 11 is 0. The fourth-order valence-electron chi connectivity index (χ4n) is 1.95. The van der Waals surface area contributed by atoms with E-state index in [1.165, 1.54) is 0 Å². The first-order valence-corrected chi connectivity index (χ1v) is 7.16. The maximum atomic E-state index is 11.3. The van der Waals surface area contributed by atoms with Crippen molar-refractivity contribution in [1.82, 2.24) is 0 Å². The average Bonchev–Trinajstić information content (AvgIpc) is 3.30. The van der Waals surface area contributed by atoms with Gasteiger partial charge in [0.15, 0.2) is 0 Å². The Hall–Kier alpha value is -2.06. The third kappa shape index (κ3) is 5.09. The molecule has 0 saturated carbocycles. The Kier molecular flexibility index (Phi) is 5.59. The van der Waals surface area contributed by atoms with Crippen LogP contribution < -0.4 is 4.74 Å². The van der Waals surface area contributed by atoms with Crippen molar-refractivity contribution >= 4 is 5.97 Å². The van der Waals surface area contributed by atoms with E-state index < -0.39 is 0 Å². The van der Waals surface area contributed by atoms with Crippen LogP contribution in [0, 0.1) is 11.3 Å². The van der Waals surface area contributed by atoms with Crippen LogP contribution in [0.5, 0.6) is 5.75 Å². The predicted octanol–water partition coefficient (Wildman–Crippen LogP) is 2.22. The maximum Gasteiger partial charge on any atom is 0.305 e. The molecule has 1 heterocycles. The van der Waals surface area contributed by atoms with Gasteiger partial charge in [-0.3, -0.25) is 4.79 Å². The molecule has 0 unspecified atom stereocenters. The SMILES string of the molecule is CCOC(=O)CCCc1ccc(C#N)c(OC[C@H]2CO2)c1. The first-order valence-electron chi connectivity index (χ1n) is 7.16. The fraction of sp³-hybridized carbons (Fsp3) is 0.500. The molecule has 0 aromatic heterocycles. The van der Waals surface area contributed by atoms with Gasteiger partial charge in [-0.2, -0.15) is 5.26 Å². The molecule has 2 rings (SSSR count). The van der Waals surface area contributed by atoms with Gasteiger partial charge in [-0.1, -0.05) is 6.07 Å². The second-order valence-electron chi connectivity index (χ2n) is 4.87. The van der Waals surface area contributed by atoms with E-state index in [9.17, 15) is 4.79 Å². The Bertz CT molecular complexity index is 532. The quantitative estimate of drug-likeness (QED) is 0.542. The Balaban J connectivity index is 1.88. The molecule has 1 atom stereocenters. The van der Waals surface area contributed by atoms with E-state index in [2.05, 4.69) is 6.07 Å². The van der Waals surface area contributed by atoms with Crippen molar-refractivity contribution in [3.8, 4) is 11.8 Å². The molecule has 0 radical (unpaired) electrons. The highest BCUT2D eigenvalue weighted by molar-refractivity contribution is 5.69. The molecule has 1 aliphatic rings. The smallest absolute Gasteiger partial charge is 0.305 e. The molecule has 1 aromatic rings. The fourth-order valence-corrected chi connectivity index (χ4v) is 1.95. The lowest BCUT2D eigenvalue weighted by atomic mass is 10.1. The van der Waals surface area contributed by atoms with Gasteiger partial charge in [0.1, 0.15) is 24.5 Å². The van der Waals surface area contributed by atoms with Gasteiger partial charge in [-0.15, -0.1) is 0 Å². The minimum Gasteiger partial charge on any atom is -0.489 e. The molecule has 1 aromatic carbocycles. The molecule has 1 fully saturated rings. The first-order chi connectivity index (χ1) is 10.2. The lowest BCUT2D eigenvalue weighted by Crippen LogP contribution is -2.06. The lowest BCUT2D eigenvalue weighted by Gasteiger charge is -2.09. The topological polar surface area (TPSA) is 71.9 Å². The second-order valence-corrected chi connectivity index (χ2v) is 4.87. The Morgan fingerprint density at radius 2 is 2.33 bits per heavy atom. The van der Waals surface area contributed by atoms with Gasteiger partial charge in [-0.25, -0.2) is 0 Å². The molecule has 112 valence electrons. The largest absolute Gasteiger partial charge is 0.489 e. The second kappa shape index (κ2) is 7.65. The molecular formula is C16H19NO4. The highest BCUT2D eigenvalue weighted by Crippen LogP contribution is 2.22. The lowest BCUT2D eigenvalue weighted by molar-refractivity contribution is -0.143. The number of carbonyl (C=O) groups is 1. The van der Waals surface area contributed by atoms with Crippen molar-refractivity contribution in [2.45, 2.75) is 32.3 Å². The van der Waals surface area contributed by atoms with Crippen LogP contribution in [0.15, 0.2) is 18.2 Å². The van der Waals surface area contributed by atoms with Gasteiger partial charge in [0.05, 0.1) is 18.8 Å². The minimum atomic E-state index is -0.173. The average molecular weight is 289 g/mol. The van der Waals surface area contributed by atoms with Gasteiger partial charge < -0.3 is 14.2 Å². The molecule has 5 heteroatoms. The summed E-state index contributed by atoms with van der Waals surface area (Å²) in [4.78, 5) is 11.3. The summed E-state index contributed by atoms with van der Waals surface area (Å²) in [5, 5.41) is 9.08. The van der Waals surface area contributed by atoms with Crippen LogP contribution in [-0.4, -0.2) is 31.9 Å². The van der Waals surface area contributed by atoms with Crippen LogP contribution in [0.2, 0.25) is 0 Å². The van der Waals surface area contributed by atoms with Crippen LogP contribution in [0.25, 0.3) is 0 Å². The number of nitriles is 1. The predicted molar refractivity (Wildman–Crippen MR) is 76.0 cm³/mol. The van der Waals surface area contributed by atoms with Gasteiger partial charge in [-0.05, 0) is 37.5 Å². The monoisotopic (exact) mass is 289 g/mol. The first kappa shape index (κ1) is 15.3. The number of hydrogen-bond acceptors (Lipinski definition) is 5. The maximum absolute atomic E-state index is 11.3. The number of carbonyl (C=O) groups excluding carboxylic acids is 1. The van der Waals surface area contributed by atoms with Gasteiger partial charge in [0, 0.05) is 6.42 Å². The van der Waals surface area contributed by atoms with Crippen molar-refractivity contribution in [2.75, 3.05) is 19.8 Å². The number of benzene rings is 1. The molecule has 0 amide bonds. The molecule has 0 bridgehead atoms. The van der Waals surface area contributed by atoms with E-state index in [-0.39, 0.29) is 12.1 Å². The molecule has 21 heavy (non-hydrogen) atoms. The van der Waals surface area contributed by atoms with Gasteiger partial charge >= 0.3 is 5.97 Å². The normalized spacial score (nSPS) is 16.1. The molecule has 1 aliphatic heterocycles. The van der Waals surface area contributed by atoms with Gasteiger partial charge in [0.25, 0.3) is 0 Å². The summed E-state index contributed by atoms with van der Waals surface area (Å²) in [5.74, 6) is 0.412. The van der Waals surface area contributed by atoms with Crippen molar-refractivity contribution < 1.29 is 19.0 Å². The zero-order valence-corrected chi connectivity index (χ0v) is 12.1. The number of nitrogens with zero attached hydrogens (tertiary/aromatic N) is 1. The minimum absolute atomic E-state index is 0.156. The van der Waals surface area contributed by atoms with E-state index in [0.29, 0.717) is 30.9 Å². The van der Waals surface area contributed by atoms with E-state index in [0.717, 1.165) is 25.0 Å². The van der Waals surface area contributed by atoms with E-state index in [1.54, 1.807) is 13.0 Å². The molecule has 0 aliphatic carbocycles. The molecule has 0 spiro atoms. The van der Waals surface area contributed by atoms with E-state index in [4.69, 9.17) is 19.5 Å². The van der Waals surface area contributed by atoms with Crippen LogP contribution >= 0.6 is 0 Å². The summed E-state index contributed by atoms with van der Waals surface area (Å²) in [6.45, 7) is 3.41. The zero-order valence-electron chi connectivity index (χ0n) is 12.1. The summed E-state index contributed by atoms with van der Waals surface area (Å²) in [6, 6.07) is 7.63. The van der Waals surface area contributed by atoms with E-state index in [1.807, 2.05) is 12.1 Å². The molecule has 5 nitrogen and oxygen atoms in total. The number of ether oxygens (including phenoxy) is 3. The standard InChI is InChI=1S/C16H19NO4/c1-2-19-16(18)5-3-4-12-6-7-13(9-17)15(8-12)21-11-14-10-20-14/h6-8,14H,2-5,10-11H2,1H3/t14-/m1/s1. The number of epoxide rings is 1. The van der Waals surface area contributed by atoms with Crippen molar-refractivity contribution in [2.24, 2.45) is 0 Å². The van der Waals surface area contributed by atoms with E-state index >= 15 is 0 Å². The van der Waals surface area contributed by atoms with Crippen molar-refractivity contribution in [3.63, 3.8) is 0 Å². The third-order valence-corrected chi connectivity index (χ3v) is 3.15. The zero-order chi connectivity index (χ0) is 15.1. The van der Waals surface area contributed by atoms with Gasteiger partial charge in [0.2, 0.25) is 0 Å². The third-order valence-electron chi connectivity index (χ3n) is 3.15. The highest BCUT2D eigenvalue weighted by Gasteiger charge is 2.23. The van der Waals surface area contributed by atoms with Crippen LogP contribution in [0.4, 0.5) is 0 Å².